The summed E-state index contributed by atoms with van der Waals surface area (Å²) in [4.78, 5) is 15.5. The van der Waals surface area contributed by atoms with Gasteiger partial charge in [-0.25, -0.2) is 15.0 Å². The molecule has 1 aliphatic heterocycles. The van der Waals surface area contributed by atoms with Gasteiger partial charge in [-0.05, 0) is 58.7 Å². The highest BCUT2D eigenvalue weighted by molar-refractivity contribution is 5.92. The molecule has 2 unspecified atom stereocenters. The van der Waals surface area contributed by atoms with Crippen LogP contribution in [-0.2, 0) is 0 Å². The summed E-state index contributed by atoms with van der Waals surface area (Å²) < 4.78 is 9.50. The van der Waals surface area contributed by atoms with Crippen molar-refractivity contribution in [1.82, 2.24) is 19.5 Å². The molecular formula is C51H34N4O. The fourth-order valence-electron chi connectivity index (χ4n) is 8.39. The van der Waals surface area contributed by atoms with Gasteiger partial charge in [-0.1, -0.05) is 158 Å². The third-order valence-corrected chi connectivity index (χ3v) is 11.0. The molecular weight excluding hydrogens is 685 g/mol. The Bertz CT molecular complexity index is 2940. The van der Waals surface area contributed by atoms with Crippen molar-refractivity contribution in [3.8, 4) is 67.9 Å². The molecule has 56 heavy (non-hydrogen) atoms. The van der Waals surface area contributed by atoms with Gasteiger partial charge in [-0.15, -0.1) is 0 Å². The standard InChI is InChI=1S/C51H34N4O/c1-4-14-33(15-5-1)35-26-28-36(29-27-35)49-52-50(38-19-12-18-37(32-38)34-16-6-2-7-17-34)54-51(53-49)43-24-13-23-40-41-30-31-45-46(48(41)56-47(40)43)42-22-10-11-25-44(42)55(45)39-20-8-3-9-21-39/h1-32,41,48H. The van der Waals surface area contributed by atoms with E-state index < -0.39 is 0 Å². The van der Waals surface area contributed by atoms with Crippen molar-refractivity contribution in [1.29, 1.82) is 0 Å². The van der Waals surface area contributed by atoms with Crippen molar-refractivity contribution in [2.75, 3.05) is 0 Å². The van der Waals surface area contributed by atoms with Crippen LogP contribution in [0.1, 0.15) is 28.8 Å². The molecule has 2 atom stereocenters. The summed E-state index contributed by atoms with van der Waals surface area (Å²) in [6, 6.07) is 63.3. The van der Waals surface area contributed by atoms with Crippen LogP contribution in [0, 0.1) is 0 Å². The summed E-state index contributed by atoms with van der Waals surface area (Å²) in [6.45, 7) is 0. The SMILES string of the molecule is C1=CC2c3cccc(-c4nc(-c5ccc(-c6ccccc6)cc5)nc(-c5cccc(-c6ccccc6)c5)n4)c3OC2c2c1n(-c1ccccc1)c1ccccc21. The zero-order valence-electron chi connectivity index (χ0n) is 30.3. The minimum absolute atomic E-state index is 0.0429. The molecule has 264 valence electrons. The van der Waals surface area contributed by atoms with Gasteiger partial charge in [0, 0.05) is 39.2 Å². The Kier molecular flexibility index (Phi) is 7.56. The van der Waals surface area contributed by atoms with Crippen LogP contribution in [0.4, 0.5) is 0 Å². The van der Waals surface area contributed by atoms with E-state index in [9.17, 15) is 0 Å². The summed E-state index contributed by atoms with van der Waals surface area (Å²) in [5, 5.41) is 1.20. The Morgan fingerprint density at radius 3 is 1.80 bits per heavy atom. The lowest BCUT2D eigenvalue weighted by Crippen LogP contribution is -2.13. The fourth-order valence-corrected chi connectivity index (χ4v) is 8.39. The van der Waals surface area contributed by atoms with Crippen LogP contribution in [0.3, 0.4) is 0 Å². The molecule has 11 rings (SSSR count). The van der Waals surface area contributed by atoms with Gasteiger partial charge in [0.05, 0.1) is 16.8 Å². The van der Waals surface area contributed by atoms with Crippen LogP contribution in [0.2, 0.25) is 0 Å². The highest BCUT2D eigenvalue weighted by Gasteiger charge is 2.41. The van der Waals surface area contributed by atoms with Crippen molar-refractivity contribution >= 4 is 17.0 Å². The number of hydrogen-bond acceptors (Lipinski definition) is 4. The van der Waals surface area contributed by atoms with E-state index in [1.165, 1.54) is 10.9 Å². The van der Waals surface area contributed by atoms with Gasteiger partial charge in [0.1, 0.15) is 11.9 Å². The molecule has 2 aliphatic rings. The van der Waals surface area contributed by atoms with E-state index in [2.05, 4.69) is 187 Å². The molecule has 5 heteroatoms. The van der Waals surface area contributed by atoms with Crippen molar-refractivity contribution in [3.05, 3.63) is 205 Å². The first-order valence-corrected chi connectivity index (χ1v) is 19.0. The second-order valence-corrected chi connectivity index (χ2v) is 14.3. The third-order valence-electron chi connectivity index (χ3n) is 11.0. The predicted molar refractivity (Wildman–Crippen MR) is 225 cm³/mol. The number of aromatic nitrogens is 4. The molecule has 1 aliphatic carbocycles. The number of rotatable bonds is 6. The van der Waals surface area contributed by atoms with E-state index in [1.54, 1.807) is 0 Å². The van der Waals surface area contributed by atoms with Crippen molar-refractivity contribution < 1.29 is 4.74 Å². The largest absolute Gasteiger partial charge is 0.484 e. The smallest absolute Gasteiger partial charge is 0.167 e. The van der Waals surface area contributed by atoms with Crippen LogP contribution >= 0.6 is 0 Å². The molecule has 0 amide bonds. The number of nitrogens with zero attached hydrogens (tertiary/aromatic N) is 4. The molecule has 7 aromatic carbocycles. The van der Waals surface area contributed by atoms with Gasteiger partial charge in [-0.3, -0.25) is 0 Å². The van der Waals surface area contributed by atoms with Crippen molar-refractivity contribution in [2.45, 2.75) is 12.0 Å². The van der Waals surface area contributed by atoms with E-state index in [1.807, 2.05) is 12.1 Å². The first kappa shape index (κ1) is 32.1. The quantitative estimate of drug-likeness (QED) is 0.172. The lowest BCUT2D eigenvalue weighted by Gasteiger charge is -2.22. The maximum absolute atomic E-state index is 7.15. The maximum atomic E-state index is 7.15. The number of para-hydroxylation sites is 3. The molecule has 0 fully saturated rings. The summed E-state index contributed by atoms with van der Waals surface area (Å²) in [5.41, 5.74) is 13.0. The third kappa shape index (κ3) is 5.36. The first-order valence-electron chi connectivity index (χ1n) is 19.0. The highest BCUT2D eigenvalue weighted by Crippen LogP contribution is 2.55. The zero-order chi connectivity index (χ0) is 37.0. The Balaban J connectivity index is 1.05. The predicted octanol–water partition coefficient (Wildman–Crippen LogP) is 12.4. The van der Waals surface area contributed by atoms with Gasteiger partial charge in [0.25, 0.3) is 0 Å². The fraction of sp³-hybridized carbons (Fsp3) is 0.0392. The molecule has 0 bridgehead atoms. The van der Waals surface area contributed by atoms with E-state index in [-0.39, 0.29) is 12.0 Å². The maximum Gasteiger partial charge on any atom is 0.167 e. The van der Waals surface area contributed by atoms with Crippen molar-refractivity contribution in [2.24, 2.45) is 0 Å². The summed E-state index contributed by atoms with van der Waals surface area (Å²) in [7, 11) is 0. The summed E-state index contributed by atoms with van der Waals surface area (Å²) >= 11 is 0. The lowest BCUT2D eigenvalue weighted by atomic mass is 9.85. The number of fused-ring (bicyclic) bond motifs is 7. The monoisotopic (exact) mass is 718 g/mol. The number of ether oxygens (including phenoxy) is 1. The van der Waals surface area contributed by atoms with E-state index in [0.29, 0.717) is 17.5 Å². The van der Waals surface area contributed by atoms with E-state index in [0.717, 1.165) is 67.2 Å². The normalized spacial score (nSPS) is 15.2. The zero-order valence-corrected chi connectivity index (χ0v) is 30.3. The van der Waals surface area contributed by atoms with Crippen LogP contribution in [-0.4, -0.2) is 19.5 Å². The Hall–Kier alpha value is -7.37. The highest BCUT2D eigenvalue weighted by atomic mass is 16.5. The van der Waals surface area contributed by atoms with E-state index >= 15 is 0 Å². The Morgan fingerprint density at radius 2 is 1.04 bits per heavy atom. The van der Waals surface area contributed by atoms with Gasteiger partial charge in [0.2, 0.25) is 0 Å². The lowest BCUT2D eigenvalue weighted by molar-refractivity contribution is 0.225. The van der Waals surface area contributed by atoms with Crippen LogP contribution in [0.15, 0.2) is 188 Å². The first-order chi connectivity index (χ1) is 27.8. The molecule has 5 nitrogen and oxygen atoms in total. The van der Waals surface area contributed by atoms with E-state index in [4.69, 9.17) is 19.7 Å². The minimum Gasteiger partial charge on any atom is -0.484 e. The van der Waals surface area contributed by atoms with Gasteiger partial charge in [-0.2, -0.15) is 0 Å². The Morgan fingerprint density at radius 1 is 0.464 bits per heavy atom. The second-order valence-electron chi connectivity index (χ2n) is 14.3. The molecule has 9 aromatic rings. The Labute approximate surface area is 324 Å². The number of hydrogen-bond donors (Lipinski definition) is 0. The van der Waals surface area contributed by atoms with Gasteiger partial charge in [0.15, 0.2) is 17.5 Å². The van der Waals surface area contributed by atoms with Gasteiger partial charge >= 0.3 is 0 Å². The van der Waals surface area contributed by atoms with Gasteiger partial charge < -0.3 is 9.30 Å². The molecule has 0 spiro atoms. The average molecular weight is 719 g/mol. The second kappa shape index (κ2) is 13.2. The molecule has 0 saturated heterocycles. The van der Waals surface area contributed by atoms with Crippen LogP contribution in [0.25, 0.3) is 79.1 Å². The number of benzene rings is 7. The van der Waals surface area contributed by atoms with Crippen LogP contribution < -0.4 is 4.74 Å². The summed E-state index contributed by atoms with van der Waals surface area (Å²) in [5.74, 6) is 2.65. The summed E-state index contributed by atoms with van der Waals surface area (Å²) in [6.07, 6.45) is 4.37. The average Bonchev–Trinajstić information content (AvgIpc) is 3.83. The molecule has 0 saturated carbocycles. The van der Waals surface area contributed by atoms with Crippen LogP contribution in [0.5, 0.6) is 5.75 Å². The molecule has 3 heterocycles. The molecule has 0 N–H and O–H groups in total. The van der Waals surface area contributed by atoms with Crippen molar-refractivity contribution in [3.63, 3.8) is 0 Å². The minimum atomic E-state index is -0.199. The topological polar surface area (TPSA) is 52.8 Å². The molecule has 2 aromatic heterocycles. The molecule has 0 radical (unpaired) electrons.